The predicted molar refractivity (Wildman–Crippen MR) is 78.7 cm³/mol. The van der Waals surface area contributed by atoms with Crippen LogP contribution >= 0.6 is 0 Å². The minimum Gasteiger partial charge on any atom is -0.421 e. The van der Waals surface area contributed by atoms with Crippen molar-refractivity contribution in [1.29, 1.82) is 5.39 Å². The van der Waals surface area contributed by atoms with Gasteiger partial charge in [-0.1, -0.05) is 0 Å². The molecule has 26 heavy (non-hydrogen) atoms. The van der Waals surface area contributed by atoms with Gasteiger partial charge in [-0.05, 0) is 38.0 Å². The number of diazo groups is 1. The normalized spacial score (nSPS) is 12.8. The molecule has 1 rings (SSSR count). The lowest BCUT2D eigenvalue weighted by atomic mass is 10.1. The number of rotatable bonds is 2. The van der Waals surface area contributed by atoms with Crippen molar-refractivity contribution in [3.63, 3.8) is 0 Å². The van der Waals surface area contributed by atoms with Gasteiger partial charge in [-0.2, -0.15) is 26.3 Å². The van der Waals surface area contributed by atoms with Gasteiger partial charge in [-0.25, -0.2) is 16.8 Å². The summed E-state index contributed by atoms with van der Waals surface area (Å²) in [6, 6.07) is 3.90. The van der Waals surface area contributed by atoms with Gasteiger partial charge in [0.05, 0.1) is 0 Å². The van der Waals surface area contributed by atoms with Crippen LogP contribution < -0.4 is 0 Å². The highest BCUT2D eigenvalue weighted by molar-refractivity contribution is 8.13. The third-order valence-corrected chi connectivity index (χ3v) is 5.44. The van der Waals surface area contributed by atoms with Crippen molar-refractivity contribution in [2.75, 3.05) is 0 Å². The van der Waals surface area contributed by atoms with E-state index in [-0.39, 0.29) is 0 Å². The molecule has 15 heteroatoms. The molecule has 0 radical (unpaired) electrons. The number of sulfonamides is 2. The lowest BCUT2D eigenvalue weighted by Crippen LogP contribution is -2.30. The van der Waals surface area contributed by atoms with Crippen LogP contribution in [0.25, 0.3) is 9.10 Å². The average molecular weight is 427 g/mol. The Morgan fingerprint density at radius 2 is 1.15 bits per heavy atom. The second-order valence-electron chi connectivity index (χ2n) is 4.74. The Hall–Kier alpha value is -1.92. The number of alkyl halides is 6. The lowest BCUT2D eigenvalue weighted by Gasteiger charge is -2.22. The maximum absolute atomic E-state index is 11.4. The van der Waals surface area contributed by atoms with Crippen molar-refractivity contribution in [2.45, 2.75) is 31.8 Å². The Balaban J connectivity index is 0.000000502. The van der Waals surface area contributed by atoms with Crippen molar-refractivity contribution in [2.24, 2.45) is 0 Å². The molecule has 0 saturated carbocycles. The van der Waals surface area contributed by atoms with Crippen molar-refractivity contribution in [3.8, 4) is 0 Å². The molecule has 0 aliphatic carbocycles. The third kappa shape index (κ3) is 6.11. The van der Waals surface area contributed by atoms with Crippen LogP contribution in [-0.4, -0.2) is 27.9 Å². The van der Waals surface area contributed by atoms with Crippen LogP contribution in [0.4, 0.5) is 32.0 Å². The first-order valence-corrected chi connectivity index (χ1v) is 9.03. The summed E-state index contributed by atoms with van der Waals surface area (Å²) in [4.78, 5) is 3.17. The van der Waals surface area contributed by atoms with Crippen LogP contribution in [0.15, 0.2) is 12.1 Å². The van der Waals surface area contributed by atoms with E-state index in [2.05, 4.69) is 4.98 Å². The number of hydrogen-bond acceptors (Lipinski definition) is 5. The molecule has 0 unspecified atom stereocenters. The standard InChI is InChI=1S/C9H11N2.C2F6NO4S2/c1-6-4-8(3)9(11-10)5-7(6)2;3-1(4,5)14(10,11)9-15(12,13)2(6,7)8/h4-5H,1-3H3;/q+1;-1. The van der Waals surface area contributed by atoms with Crippen molar-refractivity contribution in [1.82, 2.24) is 0 Å². The first kappa shape index (κ1) is 24.1. The van der Waals surface area contributed by atoms with Crippen molar-refractivity contribution in [3.05, 3.63) is 37.9 Å². The zero-order chi connectivity index (χ0) is 21.1. The second kappa shape index (κ2) is 7.76. The molecule has 0 amide bonds. The maximum Gasteiger partial charge on any atom is 0.480 e. The molecule has 0 saturated heterocycles. The van der Waals surface area contributed by atoms with Crippen LogP contribution in [0, 0.1) is 26.2 Å². The quantitative estimate of drug-likeness (QED) is 0.520. The molecular formula is C11H11F6N3O4S2. The molecule has 0 bridgehead atoms. The summed E-state index contributed by atoms with van der Waals surface area (Å²) in [6.07, 6.45) is 0. The molecule has 0 N–H and O–H groups in total. The largest absolute Gasteiger partial charge is 0.480 e. The fourth-order valence-electron chi connectivity index (χ4n) is 1.27. The average Bonchev–Trinajstić information content (AvgIpc) is 2.40. The minimum atomic E-state index is -6.72. The van der Waals surface area contributed by atoms with Crippen LogP contribution in [0.5, 0.6) is 0 Å². The fourth-order valence-corrected chi connectivity index (χ4v) is 2.98. The van der Waals surface area contributed by atoms with Gasteiger partial charge in [-0.15, -0.1) is 0 Å². The molecule has 0 fully saturated rings. The monoisotopic (exact) mass is 427 g/mol. The Morgan fingerprint density at radius 3 is 1.46 bits per heavy atom. The highest BCUT2D eigenvalue weighted by Crippen LogP contribution is 2.36. The van der Waals surface area contributed by atoms with E-state index in [1.807, 2.05) is 32.9 Å². The minimum absolute atomic E-state index is 0.660. The van der Waals surface area contributed by atoms with E-state index in [0.29, 0.717) is 5.69 Å². The number of hydrogen-bond donors (Lipinski definition) is 0. The zero-order valence-electron chi connectivity index (χ0n) is 13.2. The summed E-state index contributed by atoms with van der Waals surface area (Å²) < 4.78 is 109. The van der Waals surface area contributed by atoms with E-state index >= 15 is 0 Å². The second-order valence-corrected chi connectivity index (χ2v) is 8.16. The van der Waals surface area contributed by atoms with Crippen LogP contribution in [-0.2, 0) is 20.0 Å². The topological polar surface area (TPSA) is 111 Å². The molecule has 0 aromatic heterocycles. The Kier molecular flexibility index (Phi) is 7.19. The highest BCUT2D eigenvalue weighted by Gasteiger charge is 2.46. The SMILES string of the molecule is Cc1cc(C)c([N+]#N)cc1C.O=S(=O)([N-]S(=O)(=O)C(F)(F)F)C(F)(F)F. The summed E-state index contributed by atoms with van der Waals surface area (Å²) in [5, 5.41) is 8.56. The van der Waals surface area contributed by atoms with Crippen LogP contribution in [0.1, 0.15) is 16.7 Å². The van der Waals surface area contributed by atoms with Gasteiger partial charge in [-0.3, -0.25) is 0 Å². The van der Waals surface area contributed by atoms with Gasteiger partial charge in [0.2, 0.25) is 5.39 Å². The summed E-state index contributed by atoms with van der Waals surface area (Å²) in [7, 11) is -13.4. The molecule has 148 valence electrons. The van der Waals surface area contributed by atoms with Gasteiger partial charge in [0.1, 0.15) is 0 Å². The van der Waals surface area contributed by atoms with Gasteiger partial charge in [0, 0.05) is 11.6 Å². The summed E-state index contributed by atoms with van der Waals surface area (Å²) in [5.74, 6) is 0. The van der Waals surface area contributed by atoms with Gasteiger partial charge >= 0.3 is 16.7 Å². The molecule has 0 aliphatic heterocycles. The number of nitrogens with zero attached hydrogens (tertiary/aromatic N) is 3. The van der Waals surface area contributed by atoms with Crippen molar-refractivity contribution >= 4 is 25.7 Å². The Labute approximate surface area is 144 Å². The van der Waals surface area contributed by atoms with Crippen molar-refractivity contribution < 1.29 is 43.2 Å². The summed E-state index contributed by atoms with van der Waals surface area (Å²) in [5.41, 5.74) is -8.35. The Bertz CT molecular complexity index is 873. The molecule has 0 atom stereocenters. The third-order valence-electron chi connectivity index (χ3n) is 2.70. The maximum atomic E-state index is 11.4. The van der Waals surface area contributed by atoms with Gasteiger partial charge < -0.3 is 4.13 Å². The highest BCUT2D eigenvalue weighted by atomic mass is 32.3. The molecule has 0 aliphatic rings. The van der Waals surface area contributed by atoms with Gasteiger partial charge in [0.15, 0.2) is 25.0 Å². The summed E-state index contributed by atoms with van der Waals surface area (Å²) in [6.45, 7) is 5.98. The first-order valence-electron chi connectivity index (χ1n) is 6.15. The van der Waals surface area contributed by atoms with E-state index in [9.17, 15) is 43.2 Å². The first-order chi connectivity index (χ1) is 11.4. The van der Waals surface area contributed by atoms with Crippen LogP contribution in [0.3, 0.4) is 0 Å². The Morgan fingerprint density at radius 1 is 0.808 bits per heavy atom. The van der Waals surface area contributed by atoms with E-state index in [4.69, 9.17) is 5.39 Å². The number of aryl methyl sites for hydroxylation is 3. The van der Waals surface area contributed by atoms with E-state index in [1.54, 1.807) is 0 Å². The molecular weight excluding hydrogens is 416 g/mol. The predicted octanol–water partition coefficient (Wildman–Crippen LogP) is 4.16. The van der Waals surface area contributed by atoms with Crippen LogP contribution in [0.2, 0.25) is 0 Å². The zero-order valence-corrected chi connectivity index (χ0v) is 14.8. The smallest absolute Gasteiger partial charge is 0.421 e. The van der Waals surface area contributed by atoms with E-state index in [0.717, 1.165) is 15.3 Å². The van der Waals surface area contributed by atoms with E-state index in [1.165, 1.54) is 5.56 Å². The molecule has 7 nitrogen and oxygen atoms in total. The molecule has 1 aromatic carbocycles. The molecule has 0 spiro atoms. The lowest BCUT2D eigenvalue weighted by molar-refractivity contribution is -0.0444. The number of benzene rings is 1. The molecule has 0 heterocycles. The van der Waals surface area contributed by atoms with Gasteiger partial charge in [0.25, 0.3) is 0 Å². The fraction of sp³-hybridized carbons (Fsp3) is 0.455. The summed E-state index contributed by atoms with van der Waals surface area (Å²) >= 11 is 0. The molecule has 1 aromatic rings. The van der Waals surface area contributed by atoms with E-state index < -0.39 is 31.1 Å². The number of halogens is 6.